The van der Waals surface area contributed by atoms with E-state index in [4.69, 9.17) is 0 Å². The van der Waals surface area contributed by atoms with Crippen LogP contribution in [0.4, 0.5) is 0 Å². The molecule has 0 aliphatic carbocycles. The molecule has 3 heteroatoms. The number of para-hydroxylation sites is 1. The maximum atomic E-state index is 4.43. The van der Waals surface area contributed by atoms with E-state index < -0.39 is 0 Å². The largest absolute Gasteiger partial charge is 0.244 e. The van der Waals surface area contributed by atoms with E-state index in [0.717, 1.165) is 5.52 Å². The van der Waals surface area contributed by atoms with Crippen LogP contribution in [0.5, 0.6) is 0 Å². The molecule has 78 valence electrons. The monoisotopic (exact) mass is 337 g/mol. The number of thiazole rings is 1. The number of halogens is 1. The highest BCUT2D eigenvalue weighted by Crippen LogP contribution is 2.29. The van der Waals surface area contributed by atoms with Crippen molar-refractivity contribution in [1.29, 1.82) is 0 Å². The van der Waals surface area contributed by atoms with Gasteiger partial charge in [0.2, 0.25) is 0 Å². The number of hydrogen-bond acceptors (Lipinski definition) is 2. The first-order valence-electron chi connectivity index (χ1n) is 4.93. The van der Waals surface area contributed by atoms with Crippen LogP contribution >= 0.6 is 33.9 Å². The van der Waals surface area contributed by atoms with Gasteiger partial charge >= 0.3 is 0 Å². The van der Waals surface area contributed by atoms with Gasteiger partial charge in [-0.25, -0.2) is 4.98 Å². The van der Waals surface area contributed by atoms with Gasteiger partial charge in [0.15, 0.2) is 0 Å². The van der Waals surface area contributed by atoms with Crippen LogP contribution < -0.4 is 0 Å². The number of nitrogens with zero attached hydrogens (tertiary/aromatic N) is 1. The van der Waals surface area contributed by atoms with Gasteiger partial charge in [-0.1, -0.05) is 24.3 Å². The Hall–Kier alpha value is -0.940. The second-order valence-electron chi connectivity index (χ2n) is 3.51. The number of hydrogen-bond donors (Lipinski definition) is 0. The fourth-order valence-corrected chi connectivity index (χ4v) is 2.81. The van der Waals surface area contributed by atoms with Crippen LogP contribution in [-0.2, 0) is 0 Å². The quantitative estimate of drug-likeness (QED) is 0.593. The minimum Gasteiger partial charge on any atom is -0.244 e. The van der Waals surface area contributed by atoms with Gasteiger partial charge in [0, 0.05) is 9.13 Å². The maximum Gasteiger partial charge on any atom is 0.0890 e. The van der Waals surface area contributed by atoms with E-state index in [0.29, 0.717) is 0 Å². The second-order valence-corrected chi connectivity index (χ2v) is 5.64. The first-order chi connectivity index (χ1) is 7.84. The lowest BCUT2D eigenvalue weighted by Crippen LogP contribution is -1.80. The van der Waals surface area contributed by atoms with E-state index in [2.05, 4.69) is 70.0 Å². The third kappa shape index (κ3) is 1.74. The normalized spacial score (nSPS) is 10.8. The predicted octanol–water partition coefficient (Wildman–Crippen LogP) is 4.57. The maximum absolute atomic E-state index is 4.43. The van der Waals surface area contributed by atoms with Crippen molar-refractivity contribution in [2.75, 3.05) is 0 Å². The zero-order valence-corrected chi connectivity index (χ0v) is 11.3. The Balaban J connectivity index is 2.25. The average Bonchev–Trinajstić information content (AvgIpc) is 2.78. The Kier molecular flexibility index (Phi) is 2.65. The molecule has 0 saturated carbocycles. The minimum absolute atomic E-state index is 1.11. The summed E-state index contributed by atoms with van der Waals surface area (Å²) < 4.78 is 2.50. The highest BCUT2D eigenvalue weighted by Gasteiger charge is 2.05. The SMILES string of the molecule is Ic1ccc(-c2cccc3scnc23)cc1. The topological polar surface area (TPSA) is 12.9 Å². The zero-order chi connectivity index (χ0) is 11.0. The third-order valence-electron chi connectivity index (χ3n) is 2.52. The second kappa shape index (κ2) is 4.14. The molecule has 2 aromatic carbocycles. The molecular weight excluding hydrogens is 329 g/mol. The Morgan fingerprint density at radius 2 is 1.81 bits per heavy atom. The van der Waals surface area contributed by atoms with Crippen LogP contribution in [0.3, 0.4) is 0 Å². The van der Waals surface area contributed by atoms with Gasteiger partial charge in [-0.05, 0) is 46.4 Å². The molecular formula is C13H8INS. The molecule has 1 heterocycles. The summed E-state index contributed by atoms with van der Waals surface area (Å²) in [7, 11) is 0. The van der Waals surface area contributed by atoms with E-state index in [1.165, 1.54) is 19.4 Å². The molecule has 0 amide bonds. The van der Waals surface area contributed by atoms with Gasteiger partial charge < -0.3 is 0 Å². The molecule has 16 heavy (non-hydrogen) atoms. The fourth-order valence-electron chi connectivity index (χ4n) is 1.75. The molecule has 0 fully saturated rings. The van der Waals surface area contributed by atoms with Gasteiger partial charge in [-0.2, -0.15) is 0 Å². The molecule has 3 aromatic rings. The predicted molar refractivity (Wildman–Crippen MR) is 77.8 cm³/mol. The molecule has 0 unspecified atom stereocenters. The molecule has 0 aliphatic heterocycles. The molecule has 0 aliphatic rings. The standard InChI is InChI=1S/C13H8INS/c14-10-6-4-9(5-7-10)11-2-1-3-12-13(11)15-8-16-12/h1-8H. The number of aromatic nitrogens is 1. The lowest BCUT2D eigenvalue weighted by Gasteiger charge is -2.02. The first-order valence-corrected chi connectivity index (χ1v) is 6.88. The van der Waals surface area contributed by atoms with Crippen molar-refractivity contribution in [3.8, 4) is 11.1 Å². The molecule has 0 radical (unpaired) electrons. The molecule has 0 N–H and O–H groups in total. The summed E-state index contributed by atoms with van der Waals surface area (Å²) in [4.78, 5) is 4.43. The lowest BCUT2D eigenvalue weighted by atomic mass is 10.1. The Bertz CT molecular complexity index is 628. The van der Waals surface area contributed by atoms with Gasteiger partial charge in [0.1, 0.15) is 0 Å². The Labute approximate surface area is 111 Å². The highest BCUT2D eigenvalue weighted by molar-refractivity contribution is 14.1. The molecule has 0 bridgehead atoms. The van der Waals surface area contributed by atoms with E-state index >= 15 is 0 Å². The van der Waals surface area contributed by atoms with Crippen LogP contribution in [-0.4, -0.2) is 4.98 Å². The van der Waals surface area contributed by atoms with Gasteiger partial charge in [-0.3, -0.25) is 0 Å². The average molecular weight is 337 g/mol. The van der Waals surface area contributed by atoms with Crippen molar-refractivity contribution in [2.24, 2.45) is 0 Å². The summed E-state index contributed by atoms with van der Waals surface area (Å²) in [5.74, 6) is 0. The van der Waals surface area contributed by atoms with Crippen molar-refractivity contribution in [2.45, 2.75) is 0 Å². The van der Waals surface area contributed by atoms with E-state index in [1.54, 1.807) is 11.3 Å². The van der Waals surface area contributed by atoms with Gasteiger partial charge in [0.05, 0.1) is 15.7 Å². The van der Waals surface area contributed by atoms with Crippen molar-refractivity contribution >= 4 is 44.1 Å². The highest BCUT2D eigenvalue weighted by atomic mass is 127. The number of fused-ring (bicyclic) bond motifs is 1. The van der Waals surface area contributed by atoms with Crippen LogP contribution in [0.1, 0.15) is 0 Å². The fraction of sp³-hybridized carbons (Fsp3) is 0. The zero-order valence-electron chi connectivity index (χ0n) is 8.35. The summed E-state index contributed by atoms with van der Waals surface area (Å²) in [6, 6.07) is 14.9. The summed E-state index contributed by atoms with van der Waals surface area (Å²) in [5.41, 5.74) is 5.46. The van der Waals surface area contributed by atoms with Crippen LogP contribution in [0.2, 0.25) is 0 Å². The van der Waals surface area contributed by atoms with Crippen LogP contribution in [0.15, 0.2) is 48.0 Å². The third-order valence-corrected chi connectivity index (χ3v) is 4.03. The van der Waals surface area contributed by atoms with Crippen molar-refractivity contribution < 1.29 is 0 Å². The summed E-state index contributed by atoms with van der Waals surface area (Å²) in [6.07, 6.45) is 0. The lowest BCUT2D eigenvalue weighted by molar-refractivity contribution is 1.49. The molecule has 1 nitrogen and oxygen atoms in total. The molecule has 0 saturated heterocycles. The summed E-state index contributed by atoms with van der Waals surface area (Å²) >= 11 is 4.01. The smallest absolute Gasteiger partial charge is 0.0890 e. The van der Waals surface area contributed by atoms with E-state index in [1.807, 2.05) is 5.51 Å². The Morgan fingerprint density at radius 1 is 1.00 bits per heavy atom. The van der Waals surface area contributed by atoms with Crippen molar-refractivity contribution in [3.63, 3.8) is 0 Å². The Morgan fingerprint density at radius 3 is 2.62 bits per heavy atom. The van der Waals surface area contributed by atoms with E-state index in [-0.39, 0.29) is 0 Å². The van der Waals surface area contributed by atoms with Crippen LogP contribution in [0.25, 0.3) is 21.3 Å². The van der Waals surface area contributed by atoms with Gasteiger partial charge in [-0.15, -0.1) is 11.3 Å². The first kappa shape index (κ1) is 10.2. The molecule has 1 aromatic heterocycles. The summed E-state index contributed by atoms with van der Waals surface area (Å²) in [6.45, 7) is 0. The molecule has 0 spiro atoms. The van der Waals surface area contributed by atoms with Crippen molar-refractivity contribution in [3.05, 3.63) is 51.5 Å². The summed E-state index contributed by atoms with van der Waals surface area (Å²) in [5, 5.41) is 0. The van der Waals surface area contributed by atoms with Gasteiger partial charge in [0.25, 0.3) is 0 Å². The van der Waals surface area contributed by atoms with Crippen LogP contribution in [0, 0.1) is 3.57 Å². The minimum atomic E-state index is 1.11. The molecule has 3 rings (SSSR count). The van der Waals surface area contributed by atoms with E-state index in [9.17, 15) is 0 Å². The number of rotatable bonds is 1. The molecule has 0 atom stereocenters. The van der Waals surface area contributed by atoms with Crippen molar-refractivity contribution in [1.82, 2.24) is 4.98 Å². The number of benzene rings is 2.